The quantitative estimate of drug-likeness (QED) is 0.345. The van der Waals surface area contributed by atoms with Crippen molar-refractivity contribution in [3.63, 3.8) is 0 Å². The number of aromatic nitrogens is 4. The van der Waals surface area contributed by atoms with Gasteiger partial charge in [-0.05, 0) is 55.9 Å². The minimum absolute atomic E-state index is 0.173. The molecule has 0 aliphatic carbocycles. The van der Waals surface area contributed by atoms with E-state index in [0.29, 0.717) is 30.1 Å². The first-order chi connectivity index (χ1) is 16.4. The van der Waals surface area contributed by atoms with Crippen molar-refractivity contribution in [2.24, 2.45) is 0 Å². The zero-order valence-electron chi connectivity index (χ0n) is 19.7. The van der Waals surface area contributed by atoms with E-state index in [0.717, 1.165) is 30.7 Å². The van der Waals surface area contributed by atoms with Crippen LogP contribution in [0.4, 0.5) is 5.82 Å². The third kappa shape index (κ3) is 5.55. The normalized spacial score (nSPS) is 11.3. The number of hydrogen-bond acceptors (Lipinski definition) is 7. The number of nitrogens with zero attached hydrogens (tertiary/aromatic N) is 4. The number of rotatable bonds is 10. The number of aromatic amines is 1. The van der Waals surface area contributed by atoms with E-state index in [1.165, 1.54) is 10.1 Å². The number of anilines is 1. The second-order valence-electron chi connectivity index (χ2n) is 8.44. The van der Waals surface area contributed by atoms with E-state index >= 15 is 0 Å². The predicted molar refractivity (Wildman–Crippen MR) is 132 cm³/mol. The monoisotopic (exact) mass is 462 g/mol. The molecule has 0 aliphatic rings. The third-order valence-electron chi connectivity index (χ3n) is 5.28. The Bertz CT molecular complexity index is 1290. The first-order valence-electron chi connectivity index (χ1n) is 11.3. The fraction of sp³-hybridized carbons (Fsp3) is 0.320. The lowest BCUT2D eigenvalue weighted by Gasteiger charge is -2.11. The van der Waals surface area contributed by atoms with Gasteiger partial charge in [-0.2, -0.15) is 9.97 Å². The zero-order chi connectivity index (χ0) is 24.1. The van der Waals surface area contributed by atoms with Gasteiger partial charge in [0.2, 0.25) is 0 Å². The summed E-state index contributed by atoms with van der Waals surface area (Å²) in [6, 6.07) is 15.8. The first kappa shape index (κ1) is 23.3. The van der Waals surface area contributed by atoms with Crippen LogP contribution in [0.1, 0.15) is 30.9 Å². The average Bonchev–Trinajstić information content (AvgIpc) is 3.12. The molecular weight excluding hydrogens is 432 g/mol. The van der Waals surface area contributed by atoms with Gasteiger partial charge in [-0.15, -0.1) is 0 Å². The molecule has 4 aromatic rings. The van der Waals surface area contributed by atoms with Gasteiger partial charge >= 0.3 is 11.7 Å². The Kier molecular flexibility index (Phi) is 7.12. The molecule has 178 valence electrons. The van der Waals surface area contributed by atoms with E-state index in [2.05, 4.69) is 38.9 Å². The van der Waals surface area contributed by atoms with Crippen molar-refractivity contribution in [2.75, 3.05) is 26.4 Å². The highest BCUT2D eigenvalue weighted by molar-refractivity contribution is 5.81. The standard InChI is InChI=1S/C25H30N6O3/c1-4-5-14-33-24-28-22(26)21-23(29-24)31(25(32)27-21)16-18-8-12-20(13-9-18)34-19-10-6-17(7-11-19)15-30(2)3/h6-13H,4-5,14-16H2,1-3H3,(H,27,32)(H2,26,28,29). The van der Waals surface area contributed by atoms with E-state index in [9.17, 15) is 4.79 Å². The van der Waals surface area contributed by atoms with E-state index in [4.69, 9.17) is 15.2 Å². The third-order valence-corrected chi connectivity index (χ3v) is 5.28. The molecule has 9 nitrogen and oxygen atoms in total. The van der Waals surface area contributed by atoms with Gasteiger partial charge in [-0.3, -0.25) is 4.57 Å². The second-order valence-corrected chi connectivity index (χ2v) is 8.44. The molecule has 3 N–H and O–H groups in total. The molecule has 2 aromatic heterocycles. The molecule has 0 saturated heterocycles. The van der Waals surface area contributed by atoms with Crippen molar-refractivity contribution >= 4 is 17.0 Å². The topological polar surface area (TPSA) is 111 Å². The highest BCUT2D eigenvalue weighted by atomic mass is 16.5. The van der Waals surface area contributed by atoms with Gasteiger partial charge in [-0.25, -0.2) is 4.79 Å². The van der Waals surface area contributed by atoms with Crippen LogP contribution in [0.5, 0.6) is 17.5 Å². The Balaban J connectivity index is 1.49. The Morgan fingerprint density at radius 3 is 2.26 bits per heavy atom. The van der Waals surface area contributed by atoms with E-state index < -0.39 is 0 Å². The fourth-order valence-electron chi connectivity index (χ4n) is 3.56. The van der Waals surface area contributed by atoms with Crippen LogP contribution >= 0.6 is 0 Å². The van der Waals surface area contributed by atoms with Gasteiger partial charge in [0.05, 0.1) is 13.2 Å². The van der Waals surface area contributed by atoms with Crippen LogP contribution in [0.3, 0.4) is 0 Å². The summed E-state index contributed by atoms with van der Waals surface area (Å²) in [7, 11) is 4.08. The largest absolute Gasteiger partial charge is 0.463 e. The number of nitrogen functional groups attached to an aromatic ring is 1. The molecular formula is C25H30N6O3. The average molecular weight is 463 g/mol. The van der Waals surface area contributed by atoms with Crippen LogP contribution in [0, 0.1) is 0 Å². The van der Waals surface area contributed by atoms with Crippen LogP contribution in [0.15, 0.2) is 53.3 Å². The van der Waals surface area contributed by atoms with Crippen LogP contribution in [0.25, 0.3) is 11.2 Å². The maximum atomic E-state index is 12.6. The molecule has 9 heteroatoms. The molecule has 0 aliphatic heterocycles. The van der Waals surface area contributed by atoms with Crippen molar-refractivity contribution in [3.05, 3.63) is 70.1 Å². The van der Waals surface area contributed by atoms with Crippen molar-refractivity contribution < 1.29 is 9.47 Å². The predicted octanol–water partition coefficient (Wildman–Crippen LogP) is 3.78. The molecule has 2 heterocycles. The van der Waals surface area contributed by atoms with E-state index in [-0.39, 0.29) is 17.5 Å². The van der Waals surface area contributed by atoms with Crippen molar-refractivity contribution in [1.82, 2.24) is 24.4 Å². The lowest BCUT2D eigenvalue weighted by molar-refractivity contribution is 0.286. The zero-order valence-corrected chi connectivity index (χ0v) is 19.7. The van der Waals surface area contributed by atoms with Crippen molar-refractivity contribution in [2.45, 2.75) is 32.9 Å². The van der Waals surface area contributed by atoms with Crippen molar-refractivity contribution in [1.29, 1.82) is 0 Å². The summed E-state index contributed by atoms with van der Waals surface area (Å²) in [4.78, 5) is 26.0. The van der Waals surface area contributed by atoms with Gasteiger partial charge in [0.15, 0.2) is 11.5 Å². The maximum absolute atomic E-state index is 12.6. The van der Waals surface area contributed by atoms with Crippen LogP contribution in [-0.2, 0) is 13.1 Å². The number of nitrogens with one attached hydrogen (secondary N) is 1. The van der Waals surface area contributed by atoms with Gasteiger partial charge < -0.3 is 25.1 Å². The summed E-state index contributed by atoms with van der Waals surface area (Å²) >= 11 is 0. The number of nitrogens with two attached hydrogens (primary N) is 1. The molecule has 0 bridgehead atoms. The Hall–Kier alpha value is -3.85. The summed E-state index contributed by atoms with van der Waals surface area (Å²) in [6.45, 7) is 3.77. The lowest BCUT2D eigenvalue weighted by Crippen LogP contribution is -2.17. The van der Waals surface area contributed by atoms with Crippen LogP contribution in [0.2, 0.25) is 0 Å². The van der Waals surface area contributed by atoms with E-state index in [1.807, 2.05) is 50.5 Å². The van der Waals surface area contributed by atoms with Gasteiger partial charge in [0.25, 0.3) is 0 Å². The molecule has 0 atom stereocenters. The molecule has 0 unspecified atom stereocenters. The van der Waals surface area contributed by atoms with Gasteiger partial charge in [0.1, 0.15) is 17.0 Å². The minimum Gasteiger partial charge on any atom is -0.463 e. The lowest BCUT2D eigenvalue weighted by atomic mass is 10.2. The molecule has 2 aromatic carbocycles. The maximum Gasteiger partial charge on any atom is 0.328 e. The summed E-state index contributed by atoms with van der Waals surface area (Å²) in [6.07, 6.45) is 1.88. The smallest absolute Gasteiger partial charge is 0.328 e. The Morgan fingerprint density at radius 1 is 1.00 bits per heavy atom. The fourth-order valence-corrected chi connectivity index (χ4v) is 3.56. The highest BCUT2D eigenvalue weighted by Crippen LogP contribution is 2.23. The SMILES string of the molecule is CCCCOc1nc(N)c2[nH]c(=O)n(Cc3ccc(Oc4ccc(CN(C)C)cc4)cc3)c2n1. The van der Waals surface area contributed by atoms with Crippen LogP contribution in [-0.4, -0.2) is 45.1 Å². The number of H-pyrrole nitrogens is 1. The summed E-state index contributed by atoms with van der Waals surface area (Å²) in [5.74, 6) is 1.67. The summed E-state index contributed by atoms with van der Waals surface area (Å²) < 4.78 is 13.1. The summed E-state index contributed by atoms with van der Waals surface area (Å²) in [5, 5.41) is 0. The number of fused-ring (bicyclic) bond motifs is 1. The Morgan fingerprint density at radius 2 is 1.65 bits per heavy atom. The second kappa shape index (κ2) is 10.4. The molecule has 4 rings (SSSR count). The van der Waals surface area contributed by atoms with E-state index in [1.54, 1.807) is 0 Å². The molecule has 0 spiro atoms. The van der Waals surface area contributed by atoms with Gasteiger partial charge in [-0.1, -0.05) is 37.6 Å². The number of benzene rings is 2. The number of ether oxygens (including phenoxy) is 2. The summed E-state index contributed by atoms with van der Waals surface area (Å²) in [5.41, 5.74) is 8.69. The number of unbranched alkanes of at least 4 members (excludes halogenated alkanes) is 1. The van der Waals surface area contributed by atoms with Crippen molar-refractivity contribution in [3.8, 4) is 17.5 Å². The minimum atomic E-state index is -0.306. The van der Waals surface area contributed by atoms with Crippen LogP contribution < -0.4 is 20.9 Å². The molecule has 0 amide bonds. The first-order valence-corrected chi connectivity index (χ1v) is 11.3. The highest BCUT2D eigenvalue weighted by Gasteiger charge is 2.15. The number of hydrogen-bond donors (Lipinski definition) is 2. The molecule has 0 saturated carbocycles. The van der Waals surface area contributed by atoms with Gasteiger partial charge in [0, 0.05) is 6.54 Å². The molecule has 0 radical (unpaired) electrons. The molecule has 34 heavy (non-hydrogen) atoms. The number of imidazole rings is 1. The molecule has 0 fully saturated rings. The Labute approximate surface area is 198 Å².